The van der Waals surface area contributed by atoms with Crippen molar-refractivity contribution >= 4 is 0 Å². The highest BCUT2D eigenvalue weighted by atomic mass is 16.1. The van der Waals surface area contributed by atoms with Gasteiger partial charge in [-0.15, -0.1) is 0 Å². The van der Waals surface area contributed by atoms with Crippen LogP contribution in [-0.2, 0) is 6.54 Å². The molecule has 0 radical (unpaired) electrons. The number of piperidine rings is 1. The molecule has 5 nitrogen and oxygen atoms in total. The van der Waals surface area contributed by atoms with Crippen LogP contribution in [0.4, 0.5) is 0 Å². The first-order valence-electron chi connectivity index (χ1n) is 10.5. The van der Waals surface area contributed by atoms with E-state index < -0.39 is 0 Å². The normalized spacial score (nSPS) is 25.9. The molecule has 2 fully saturated rings. The van der Waals surface area contributed by atoms with E-state index in [1.807, 2.05) is 10.6 Å². The fraction of sp³-hybridized carbons (Fsp3) is 0.591. The van der Waals surface area contributed by atoms with Crippen molar-refractivity contribution in [3.63, 3.8) is 0 Å². The second kappa shape index (κ2) is 7.19. The summed E-state index contributed by atoms with van der Waals surface area (Å²) in [7, 11) is 0. The molecule has 0 aromatic carbocycles. The molecule has 0 spiro atoms. The minimum absolute atomic E-state index is 0.123. The molecular weight excluding hydrogens is 336 g/mol. The highest BCUT2D eigenvalue weighted by Crippen LogP contribution is 2.36. The number of nitrogens with zero attached hydrogens (tertiary/aromatic N) is 4. The molecule has 5 heteroatoms. The first-order chi connectivity index (χ1) is 13.3. The Morgan fingerprint density at radius 3 is 2.63 bits per heavy atom. The van der Waals surface area contributed by atoms with Crippen molar-refractivity contribution in [3.8, 4) is 11.1 Å². The molecule has 1 saturated heterocycles. The van der Waals surface area contributed by atoms with Crippen LogP contribution in [0.25, 0.3) is 11.1 Å². The summed E-state index contributed by atoms with van der Waals surface area (Å²) in [5, 5.41) is 0. The molecule has 27 heavy (non-hydrogen) atoms. The minimum Gasteiger partial charge on any atom is -0.311 e. The van der Waals surface area contributed by atoms with E-state index >= 15 is 0 Å². The Morgan fingerprint density at radius 1 is 1.00 bits per heavy atom. The van der Waals surface area contributed by atoms with Gasteiger partial charge in [0.2, 0.25) is 0 Å². The van der Waals surface area contributed by atoms with Crippen LogP contribution in [0.5, 0.6) is 0 Å². The maximum Gasteiger partial charge on any atom is 0.258 e. The van der Waals surface area contributed by atoms with Crippen LogP contribution in [0.2, 0.25) is 0 Å². The molecule has 2 bridgehead atoms. The van der Waals surface area contributed by atoms with Crippen LogP contribution < -0.4 is 5.56 Å². The van der Waals surface area contributed by atoms with E-state index in [4.69, 9.17) is 0 Å². The van der Waals surface area contributed by atoms with Crippen molar-refractivity contribution in [2.75, 3.05) is 19.6 Å². The summed E-state index contributed by atoms with van der Waals surface area (Å²) in [6, 6.07) is 4.15. The maximum atomic E-state index is 13.1. The first-order valence-corrected chi connectivity index (χ1v) is 10.5. The van der Waals surface area contributed by atoms with Crippen molar-refractivity contribution in [3.05, 3.63) is 46.9 Å². The second-order valence-corrected chi connectivity index (χ2v) is 8.74. The van der Waals surface area contributed by atoms with E-state index in [9.17, 15) is 4.79 Å². The van der Waals surface area contributed by atoms with Gasteiger partial charge >= 0.3 is 0 Å². The van der Waals surface area contributed by atoms with Gasteiger partial charge in [0.25, 0.3) is 5.56 Å². The second-order valence-electron chi connectivity index (χ2n) is 8.74. The molecule has 2 aromatic heterocycles. The van der Waals surface area contributed by atoms with Gasteiger partial charge in [-0.2, -0.15) is 0 Å². The maximum absolute atomic E-state index is 13.1. The van der Waals surface area contributed by atoms with Crippen molar-refractivity contribution < 1.29 is 0 Å². The Hall–Kier alpha value is -2.01. The number of hydrogen-bond donors (Lipinski definition) is 0. The fourth-order valence-electron chi connectivity index (χ4n) is 5.59. The monoisotopic (exact) mass is 364 g/mol. The van der Waals surface area contributed by atoms with Crippen molar-refractivity contribution in [1.82, 2.24) is 19.4 Å². The van der Waals surface area contributed by atoms with Crippen molar-refractivity contribution in [1.29, 1.82) is 0 Å². The Labute approximate surface area is 160 Å². The molecule has 1 aliphatic carbocycles. The molecule has 1 saturated carbocycles. The van der Waals surface area contributed by atoms with Gasteiger partial charge in [-0.3, -0.25) is 4.79 Å². The number of hydrogen-bond acceptors (Lipinski definition) is 4. The average molecular weight is 364 g/mol. The quantitative estimate of drug-likeness (QED) is 0.838. The zero-order chi connectivity index (χ0) is 18.2. The van der Waals surface area contributed by atoms with E-state index in [-0.39, 0.29) is 5.56 Å². The van der Waals surface area contributed by atoms with Gasteiger partial charge in [-0.1, -0.05) is 19.3 Å². The molecule has 5 rings (SSSR count). The summed E-state index contributed by atoms with van der Waals surface area (Å²) in [4.78, 5) is 24.0. The molecule has 3 aliphatic rings. The van der Waals surface area contributed by atoms with E-state index in [1.54, 1.807) is 12.4 Å². The van der Waals surface area contributed by atoms with E-state index in [2.05, 4.69) is 20.9 Å². The lowest BCUT2D eigenvalue weighted by Crippen LogP contribution is -2.48. The third-order valence-corrected chi connectivity index (χ3v) is 6.79. The Bertz CT molecular complexity index is 856. The Balaban J connectivity index is 1.39. The van der Waals surface area contributed by atoms with Crippen molar-refractivity contribution in [2.24, 2.45) is 11.8 Å². The molecule has 2 unspecified atom stereocenters. The molecule has 2 atom stereocenters. The van der Waals surface area contributed by atoms with Crippen molar-refractivity contribution in [2.45, 2.75) is 51.0 Å². The van der Waals surface area contributed by atoms with Crippen LogP contribution >= 0.6 is 0 Å². The van der Waals surface area contributed by atoms with E-state index in [1.165, 1.54) is 57.1 Å². The number of fused-ring (bicyclic) bond motifs is 4. The SMILES string of the molecule is O=c1c(-c2cncnc2)ccc2n1CC1CC2CN(CC2CCCCC2)C1. The van der Waals surface area contributed by atoms with Crippen LogP contribution in [0, 0.1) is 11.8 Å². The number of pyridine rings is 1. The lowest BCUT2D eigenvalue weighted by Gasteiger charge is -2.44. The summed E-state index contributed by atoms with van der Waals surface area (Å²) in [6.07, 6.45) is 13.3. The molecule has 142 valence electrons. The third kappa shape index (κ3) is 3.33. The van der Waals surface area contributed by atoms with E-state index in [0.29, 0.717) is 11.8 Å². The topological polar surface area (TPSA) is 51.0 Å². The first kappa shape index (κ1) is 17.1. The van der Waals surface area contributed by atoms with Gasteiger partial charge < -0.3 is 9.47 Å². The zero-order valence-electron chi connectivity index (χ0n) is 15.9. The molecule has 2 aromatic rings. The lowest BCUT2D eigenvalue weighted by atomic mass is 9.81. The van der Waals surface area contributed by atoms with Gasteiger partial charge in [-0.25, -0.2) is 9.97 Å². The Kier molecular flexibility index (Phi) is 4.56. The molecule has 0 amide bonds. The molecule has 4 heterocycles. The van der Waals surface area contributed by atoms with Gasteiger partial charge in [0.15, 0.2) is 0 Å². The van der Waals surface area contributed by atoms with Gasteiger partial charge in [-0.05, 0) is 43.2 Å². The van der Waals surface area contributed by atoms with Crippen LogP contribution in [0.1, 0.15) is 50.1 Å². The van der Waals surface area contributed by atoms with E-state index in [0.717, 1.165) is 36.7 Å². The highest BCUT2D eigenvalue weighted by Gasteiger charge is 2.35. The smallest absolute Gasteiger partial charge is 0.258 e. The summed E-state index contributed by atoms with van der Waals surface area (Å²) < 4.78 is 2.04. The fourth-order valence-corrected chi connectivity index (χ4v) is 5.59. The average Bonchev–Trinajstić information content (AvgIpc) is 2.70. The van der Waals surface area contributed by atoms with Gasteiger partial charge in [0.1, 0.15) is 6.33 Å². The summed E-state index contributed by atoms with van der Waals surface area (Å²) in [6.45, 7) is 4.38. The van der Waals surface area contributed by atoms with Gasteiger partial charge in [0, 0.05) is 55.7 Å². The lowest BCUT2D eigenvalue weighted by molar-refractivity contribution is 0.0967. The predicted octanol–water partition coefficient (Wildman–Crippen LogP) is 3.30. The number of likely N-dealkylation sites (tertiary alicyclic amines) is 1. The van der Waals surface area contributed by atoms with Crippen LogP contribution in [0.3, 0.4) is 0 Å². The number of rotatable bonds is 3. The minimum atomic E-state index is 0.123. The molecule has 0 N–H and O–H groups in total. The number of aromatic nitrogens is 3. The highest BCUT2D eigenvalue weighted by molar-refractivity contribution is 5.60. The molecular formula is C22H28N4O. The van der Waals surface area contributed by atoms with Crippen LogP contribution in [-0.4, -0.2) is 39.1 Å². The largest absolute Gasteiger partial charge is 0.311 e. The summed E-state index contributed by atoms with van der Waals surface area (Å²) >= 11 is 0. The predicted molar refractivity (Wildman–Crippen MR) is 106 cm³/mol. The zero-order valence-corrected chi connectivity index (χ0v) is 15.9. The van der Waals surface area contributed by atoms with Crippen LogP contribution in [0.15, 0.2) is 35.6 Å². The summed E-state index contributed by atoms with van der Waals surface area (Å²) in [5.74, 6) is 1.98. The van der Waals surface area contributed by atoms with Gasteiger partial charge in [0.05, 0.1) is 5.56 Å². The molecule has 2 aliphatic heterocycles. The Morgan fingerprint density at radius 2 is 1.81 bits per heavy atom. The summed E-state index contributed by atoms with van der Waals surface area (Å²) in [5.41, 5.74) is 2.88. The third-order valence-electron chi connectivity index (χ3n) is 6.79. The standard InChI is InChI=1S/C22H28N4O/c27-22-20(19-9-23-15-24-10-19)6-7-21-18-8-17(13-26(21)22)12-25(14-18)11-16-4-2-1-3-5-16/h6-7,9-10,15-18H,1-5,8,11-14H2.